The maximum Gasteiger partial charge on any atom is 0.510 e. The summed E-state index contributed by atoms with van der Waals surface area (Å²) in [5.74, 6) is 0. The quantitative estimate of drug-likeness (QED) is 0.714. The minimum Gasteiger partial charge on any atom is -0.422 e. The molecule has 0 aliphatic rings. The number of hydrogen-bond donors (Lipinski definition) is 2. The van der Waals surface area contributed by atoms with Gasteiger partial charge in [0.2, 0.25) is 0 Å². The zero-order chi connectivity index (χ0) is 10.8. The molecule has 0 saturated heterocycles. The SMILES string of the molecule is OB(O)c1ccn(-c2cccc(Cl)c2)n1. The standard InChI is InChI=1S/C9H8BClN2O2/c11-7-2-1-3-8(6-7)13-5-4-9(12-13)10(14)15/h1-6,14-15H. The van der Waals surface area contributed by atoms with Gasteiger partial charge in [-0.05, 0) is 24.3 Å². The Labute approximate surface area is 91.9 Å². The summed E-state index contributed by atoms with van der Waals surface area (Å²) in [5, 5.41) is 22.4. The molecule has 76 valence electrons. The molecule has 2 N–H and O–H groups in total. The van der Waals surface area contributed by atoms with Crippen molar-refractivity contribution in [3.8, 4) is 5.69 Å². The molecule has 0 bridgehead atoms. The van der Waals surface area contributed by atoms with E-state index in [1.165, 1.54) is 10.7 Å². The first-order chi connectivity index (χ1) is 7.16. The zero-order valence-corrected chi connectivity index (χ0v) is 8.46. The van der Waals surface area contributed by atoms with Gasteiger partial charge in [-0.15, -0.1) is 0 Å². The largest absolute Gasteiger partial charge is 0.510 e. The summed E-state index contributed by atoms with van der Waals surface area (Å²) in [7, 11) is -1.55. The van der Waals surface area contributed by atoms with Crippen LogP contribution in [-0.4, -0.2) is 26.9 Å². The number of hydrogen-bond acceptors (Lipinski definition) is 3. The van der Waals surface area contributed by atoms with Crippen molar-refractivity contribution < 1.29 is 10.0 Å². The molecule has 0 aliphatic heterocycles. The third-order valence-electron chi connectivity index (χ3n) is 1.95. The van der Waals surface area contributed by atoms with E-state index < -0.39 is 7.12 Å². The second kappa shape index (κ2) is 4.06. The van der Waals surface area contributed by atoms with Crippen molar-refractivity contribution in [1.82, 2.24) is 9.78 Å². The van der Waals surface area contributed by atoms with Crippen LogP contribution in [0.5, 0.6) is 0 Å². The van der Waals surface area contributed by atoms with Crippen LogP contribution in [0.4, 0.5) is 0 Å². The van der Waals surface area contributed by atoms with Gasteiger partial charge >= 0.3 is 7.12 Å². The van der Waals surface area contributed by atoms with E-state index in [2.05, 4.69) is 5.10 Å². The molecule has 0 radical (unpaired) electrons. The summed E-state index contributed by atoms with van der Waals surface area (Å²) < 4.78 is 1.53. The molecule has 2 rings (SSSR count). The molecule has 0 saturated carbocycles. The highest BCUT2D eigenvalue weighted by atomic mass is 35.5. The number of nitrogens with zero attached hydrogens (tertiary/aromatic N) is 2. The average molecular weight is 222 g/mol. The number of aromatic nitrogens is 2. The Kier molecular flexibility index (Phi) is 2.77. The molecule has 0 atom stereocenters. The van der Waals surface area contributed by atoms with Gasteiger partial charge in [-0.25, -0.2) is 4.68 Å². The highest BCUT2D eigenvalue weighted by Gasteiger charge is 2.14. The van der Waals surface area contributed by atoms with Crippen molar-refractivity contribution in [3.05, 3.63) is 41.6 Å². The maximum atomic E-state index is 8.89. The Hall–Kier alpha value is -1.30. The van der Waals surface area contributed by atoms with Gasteiger partial charge in [0.05, 0.1) is 11.3 Å². The predicted molar refractivity (Wildman–Crippen MR) is 58.4 cm³/mol. The van der Waals surface area contributed by atoms with Crippen molar-refractivity contribution >= 4 is 24.3 Å². The fourth-order valence-electron chi connectivity index (χ4n) is 1.24. The van der Waals surface area contributed by atoms with Crippen LogP contribution in [-0.2, 0) is 0 Å². The minimum absolute atomic E-state index is 0.204. The smallest absolute Gasteiger partial charge is 0.422 e. The Morgan fingerprint density at radius 3 is 2.67 bits per heavy atom. The first-order valence-electron chi connectivity index (χ1n) is 4.34. The Balaban J connectivity index is 2.37. The summed E-state index contributed by atoms with van der Waals surface area (Å²) >= 11 is 5.82. The van der Waals surface area contributed by atoms with Gasteiger partial charge in [-0.2, -0.15) is 5.10 Å². The third-order valence-corrected chi connectivity index (χ3v) is 2.18. The van der Waals surface area contributed by atoms with Crippen LogP contribution in [0.25, 0.3) is 5.69 Å². The topological polar surface area (TPSA) is 58.3 Å². The summed E-state index contributed by atoms with van der Waals surface area (Å²) in [6.45, 7) is 0. The molecule has 0 fully saturated rings. The van der Waals surface area contributed by atoms with Crippen molar-refractivity contribution in [2.24, 2.45) is 0 Å². The lowest BCUT2D eigenvalue weighted by Crippen LogP contribution is -2.31. The maximum absolute atomic E-state index is 8.89. The lowest BCUT2D eigenvalue weighted by atomic mass is 9.87. The van der Waals surface area contributed by atoms with Crippen molar-refractivity contribution in [1.29, 1.82) is 0 Å². The fraction of sp³-hybridized carbons (Fsp3) is 0. The Morgan fingerprint density at radius 1 is 1.27 bits per heavy atom. The number of rotatable bonds is 2. The van der Waals surface area contributed by atoms with Gasteiger partial charge in [0.25, 0.3) is 0 Å². The molecule has 1 aromatic carbocycles. The van der Waals surface area contributed by atoms with Gasteiger partial charge in [0, 0.05) is 11.2 Å². The van der Waals surface area contributed by atoms with E-state index in [0.717, 1.165) is 5.69 Å². The zero-order valence-electron chi connectivity index (χ0n) is 7.71. The Bertz CT molecular complexity index is 473. The molecular weight excluding hydrogens is 214 g/mol. The third kappa shape index (κ3) is 2.20. The van der Waals surface area contributed by atoms with Crippen LogP contribution in [0.2, 0.25) is 5.02 Å². The summed E-state index contributed by atoms with van der Waals surface area (Å²) in [5.41, 5.74) is 0.976. The van der Waals surface area contributed by atoms with Crippen LogP contribution in [0.15, 0.2) is 36.5 Å². The highest BCUT2D eigenvalue weighted by Crippen LogP contribution is 2.13. The van der Waals surface area contributed by atoms with Gasteiger partial charge in [0.15, 0.2) is 0 Å². The van der Waals surface area contributed by atoms with E-state index in [0.29, 0.717) is 5.02 Å². The molecule has 4 nitrogen and oxygen atoms in total. The molecule has 0 unspecified atom stereocenters. The molecule has 15 heavy (non-hydrogen) atoms. The van der Waals surface area contributed by atoms with Crippen LogP contribution >= 0.6 is 11.6 Å². The first kappa shape index (κ1) is 10.2. The molecule has 0 amide bonds. The second-order valence-corrected chi connectivity index (χ2v) is 3.48. The minimum atomic E-state index is -1.55. The van der Waals surface area contributed by atoms with E-state index in [1.807, 2.05) is 6.07 Å². The highest BCUT2D eigenvalue weighted by molar-refractivity contribution is 6.57. The van der Waals surface area contributed by atoms with Crippen molar-refractivity contribution in [2.45, 2.75) is 0 Å². The molecular formula is C9H8BClN2O2. The van der Waals surface area contributed by atoms with Crippen LogP contribution in [0.1, 0.15) is 0 Å². The normalized spacial score (nSPS) is 10.3. The van der Waals surface area contributed by atoms with Gasteiger partial charge in [-0.1, -0.05) is 17.7 Å². The first-order valence-corrected chi connectivity index (χ1v) is 4.72. The molecule has 1 aromatic heterocycles. The predicted octanol–water partition coefficient (Wildman–Crippen LogP) is 0.205. The fourth-order valence-corrected chi connectivity index (χ4v) is 1.42. The van der Waals surface area contributed by atoms with E-state index >= 15 is 0 Å². The lowest BCUT2D eigenvalue weighted by molar-refractivity contribution is 0.424. The molecule has 0 spiro atoms. The van der Waals surface area contributed by atoms with E-state index in [4.69, 9.17) is 21.6 Å². The van der Waals surface area contributed by atoms with Crippen molar-refractivity contribution in [2.75, 3.05) is 0 Å². The molecule has 2 aromatic rings. The van der Waals surface area contributed by atoms with Gasteiger partial charge < -0.3 is 10.0 Å². The van der Waals surface area contributed by atoms with Crippen LogP contribution < -0.4 is 5.59 Å². The summed E-state index contributed by atoms with van der Waals surface area (Å²) in [6.07, 6.45) is 1.64. The van der Waals surface area contributed by atoms with Gasteiger partial charge in [0.1, 0.15) is 0 Å². The number of benzene rings is 1. The van der Waals surface area contributed by atoms with Crippen LogP contribution in [0.3, 0.4) is 0 Å². The van der Waals surface area contributed by atoms with E-state index in [-0.39, 0.29) is 5.59 Å². The van der Waals surface area contributed by atoms with E-state index in [9.17, 15) is 0 Å². The second-order valence-electron chi connectivity index (χ2n) is 3.04. The lowest BCUT2D eigenvalue weighted by Gasteiger charge is -2.01. The van der Waals surface area contributed by atoms with Gasteiger partial charge in [-0.3, -0.25) is 0 Å². The van der Waals surface area contributed by atoms with E-state index in [1.54, 1.807) is 24.4 Å². The monoisotopic (exact) mass is 222 g/mol. The summed E-state index contributed by atoms with van der Waals surface area (Å²) in [4.78, 5) is 0. The molecule has 1 heterocycles. The number of halogens is 1. The van der Waals surface area contributed by atoms with Crippen LogP contribution in [0, 0.1) is 0 Å². The summed E-state index contributed by atoms with van der Waals surface area (Å²) in [6, 6.07) is 8.66. The Morgan fingerprint density at radius 2 is 2.07 bits per heavy atom. The van der Waals surface area contributed by atoms with Crippen molar-refractivity contribution in [3.63, 3.8) is 0 Å². The molecule has 6 heteroatoms. The molecule has 0 aliphatic carbocycles. The average Bonchev–Trinajstić information content (AvgIpc) is 2.66.